The molecule has 0 spiro atoms. The summed E-state index contributed by atoms with van der Waals surface area (Å²) < 4.78 is 31.3. The third kappa shape index (κ3) is 5.02. The smallest absolute Gasteiger partial charge is 0.338 e. The Morgan fingerprint density at radius 2 is 1.72 bits per heavy atom. The number of nitrogens with one attached hydrogen (secondary N) is 1. The summed E-state index contributed by atoms with van der Waals surface area (Å²) in [6, 6.07) is 15.8. The largest absolute Gasteiger partial charge is 0.459 e. The SMILES string of the molecule is [N-]=[N+]=N[C@]1(COC(=O)c2ccccc2)O[C@@H](n2cc(F)c(=O)[nH]c2=O)C[C@@H]1OC(=O)c1ccccc1. The molecule has 2 heterocycles. The van der Waals surface area contributed by atoms with Gasteiger partial charge in [-0.15, -0.1) is 0 Å². The number of nitrogens with zero attached hydrogens (tertiary/aromatic N) is 4. The van der Waals surface area contributed by atoms with Gasteiger partial charge in [0.25, 0.3) is 5.56 Å². The van der Waals surface area contributed by atoms with Crippen molar-refractivity contribution in [2.24, 2.45) is 5.11 Å². The lowest BCUT2D eigenvalue weighted by molar-refractivity contribution is -0.129. The third-order valence-corrected chi connectivity index (χ3v) is 5.39. The predicted molar refractivity (Wildman–Crippen MR) is 120 cm³/mol. The Morgan fingerprint density at radius 1 is 1.11 bits per heavy atom. The van der Waals surface area contributed by atoms with Crippen molar-refractivity contribution in [3.8, 4) is 0 Å². The van der Waals surface area contributed by atoms with Crippen LogP contribution in [0.4, 0.5) is 4.39 Å². The van der Waals surface area contributed by atoms with Crippen LogP contribution in [-0.2, 0) is 14.2 Å². The van der Waals surface area contributed by atoms with Gasteiger partial charge < -0.3 is 14.2 Å². The molecule has 1 N–H and O–H groups in total. The summed E-state index contributed by atoms with van der Waals surface area (Å²) in [5, 5.41) is 3.62. The lowest BCUT2D eigenvalue weighted by atomic mass is 10.1. The standard InChI is InChI=1S/C23H18FN5O7/c24-16-12-29(22(33)26-19(16)30)18-11-17(35-21(32)15-9-5-2-6-10-15)23(36-18,27-28-25)13-34-20(31)14-7-3-1-4-8-14/h1-10,12,17-18H,11,13H2,(H,26,30,33)/t17-,18+,23+/m0/s1. The highest BCUT2D eigenvalue weighted by Gasteiger charge is 2.53. The number of hydrogen-bond donors (Lipinski definition) is 1. The van der Waals surface area contributed by atoms with Crippen molar-refractivity contribution in [1.29, 1.82) is 0 Å². The highest BCUT2D eigenvalue weighted by Crippen LogP contribution is 2.40. The lowest BCUT2D eigenvalue weighted by Crippen LogP contribution is -2.45. The van der Waals surface area contributed by atoms with Gasteiger partial charge in [-0.05, 0) is 29.8 Å². The minimum Gasteiger partial charge on any atom is -0.459 e. The molecule has 0 unspecified atom stereocenters. The van der Waals surface area contributed by atoms with Crippen molar-refractivity contribution in [3.63, 3.8) is 0 Å². The molecule has 0 saturated carbocycles. The molecule has 184 valence electrons. The van der Waals surface area contributed by atoms with Crippen molar-refractivity contribution < 1.29 is 28.2 Å². The first-order valence-electron chi connectivity index (χ1n) is 10.6. The predicted octanol–water partition coefficient (Wildman–Crippen LogP) is 2.68. The van der Waals surface area contributed by atoms with E-state index in [1.54, 1.807) is 41.4 Å². The number of carbonyl (C=O) groups excluding carboxylic acids is 2. The first kappa shape index (κ1) is 24.4. The fraction of sp³-hybridized carbons (Fsp3) is 0.217. The van der Waals surface area contributed by atoms with Gasteiger partial charge in [-0.2, -0.15) is 4.39 Å². The molecule has 3 aromatic rings. The molecular formula is C23H18FN5O7. The topological polar surface area (TPSA) is 165 Å². The minimum atomic E-state index is -2.11. The van der Waals surface area contributed by atoms with E-state index in [2.05, 4.69) is 10.0 Å². The van der Waals surface area contributed by atoms with Gasteiger partial charge in [-0.3, -0.25) is 14.3 Å². The van der Waals surface area contributed by atoms with Gasteiger partial charge in [0.2, 0.25) is 11.5 Å². The Morgan fingerprint density at radius 3 is 2.33 bits per heavy atom. The summed E-state index contributed by atoms with van der Waals surface area (Å²) in [6.07, 6.45) is -2.40. The van der Waals surface area contributed by atoms with E-state index in [1.807, 2.05) is 0 Å². The van der Waals surface area contributed by atoms with E-state index in [-0.39, 0.29) is 17.5 Å². The number of halogens is 1. The van der Waals surface area contributed by atoms with Gasteiger partial charge in [-0.25, -0.2) is 14.4 Å². The summed E-state index contributed by atoms with van der Waals surface area (Å²) in [7, 11) is 0. The number of aromatic amines is 1. The second-order valence-electron chi connectivity index (χ2n) is 7.69. The molecule has 3 atom stereocenters. The van der Waals surface area contributed by atoms with Crippen LogP contribution in [0.25, 0.3) is 10.4 Å². The second-order valence-corrected chi connectivity index (χ2v) is 7.69. The number of benzene rings is 2. The normalized spacial score (nSPS) is 20.8. The van der Waals surface area contributed by atoms with Crippen LogP contribution in [0, 0.1) is 5.82 Å². The molecule has 0 radical (unpaired) electrons. The molecule has 1 aromatic heterocycles. The maximum atomic E-state index is 13.9. The van der Waals surface area contributed by atoms with Crippen molar-refractivity contribution >= 4 is 11.9 Å². The van der Waals surface area contributed by atoms with Gasteiger partial charge in [0.15, 0.2) is 0 Å². The van der Waals surface area contributed by atoms with Crippen LogP contribution in [0.1, 0.15) is 33.4 Å². The first-order chi connectivity index (χ1) is 17.3. The number of H-pyrrole nitrogens is 1. The third-order valence-electron chi connectivity index (χ3n) is 5.39. The maximum absolute atomic E-state index is 13.9. The average molecular weight is 495 g/mol. The Balaban J connectivity index is 1.68. The summed E-state index contributed by atoms with van der Waals surface area (Å²) in [5.41, 5.74) is 5.26. The van der Waals surface area contributed by atoms with E-state index in [4.69, 9.17) is 14.2 Å². The molecule has 36 heavy (non-hydrogen) atoms. The zero-order valence-corrected chi connectivity index (χ0v) is 18.4. The van der Waals surface area contributed by atoms with E-state index in [1.165, 1.54) is 24.3 Å². The summed E-state index contributed by atoms with van der Waals surface area (Å²) in [6.45, 7) is -0.700. The van der Waals surface area contributed by atoms with Gasteiger partial charge in [0.1, 0.15) is 18.9 Å². The Labute approximate surface area is 201 Å². The Kier molecular flexibility index (Phi) is 6.95. The first-order valence-corrected chi connectivity index (χ1v) is 10.6. The monoisotopic (exact) mass is 495 g/mol. The van der Waals surface area contributed by atoms with E-state index < -0.39 is 53.7 Å². The van der Waals surface area contributed by atoms with E-state index >= 15 is 0 Å². The molecule has 13 heteroatoms. The molecular weight excluding hydrogens is 477 g/mol. The Bertz CT molecular complexity index is 1440. The number of rotatable bonds is 7. The van der Waals surface area contributed by atoms with Gasteiger partial charge in [-0.1, -0.05) is 41.5 Å². The molecule has 12 nitrogen and oxygen atoms in total. The summed E-state index contributed by atoms with van der Waals surface area (Å²) in [4.78, 5) is 53.6. The molecule has 0 bridgehead atoms. The fourth-order valence-electron chi connectivity index (χ4n) is 3.63. The molecule has 1 aliphatic rings. The molecule has 0 amide bonds. The van der Waals surface area contributed by atoms with Crippen LogP contribution in [-0.4, -0.2) is 39.9 Å². The van der Waals surface area contributed by atoms with E-state index in [9.17, 15) is 29.1 Å². The van der Waals surface area contributed by atoms with E-state index in [0.29, 0.717) is 10.8 Å². The zero-order valence-electron chi connectivity index (χ0n) is 18.4. The molecule has 1 aliphatic heterocycles. The summed E-state index contributed by atoms with van der Waals surface area (Å²) in [5.74, 6) is -2.86. The van der Waals surface area contributed by atoms with Crippen LogP contribution in [0.5, 0.6) is 0 Å². The minimum absolute atomic E-state index is 0.171. The van der Waals surface area contributed by atoms with Crippen LogP contribution in [0.3, 0.4) is 0 Å². The van der Waals surface area contributed by atoms with Gasteiger partial charge in [0, 0.05) is 11.3 Å². The van der Waals surface area contributed by atoms with Crippen LogP contribution >= 0.6 is 0 Å². The average Bonchev–Trinajstić information content (AvgIpc) is 3.23. The maximum Gasteiger partial charge on any atom is 0.338 e. The lowest BCUT2D eigenvalue weighted by Gasteiger charge is -2.28. The summed E-state index contributed by atoms with van der Waals surface area (Å²) >= 11 is 0. The number of aromatic nitrogens is 2. The highest BCUT2D eigenvalue weighted by molar-refractivity contribution is 5.90. The van der Waals surface area contributed by atoms with Crippen LogP contribution in [0.2, 0.25) is 0 Å². The van der Waals surface area contributed by atoms with Gasteiger partial charge >= 0.3 is 17.6 Å². The van der Waals surface area contributed by atoms with Crippen molar-refractivity contribution in [2.75, 3.05) is 6.61 Å². The Hall–Kier alpha value is -4.74. The molecule has 1 fully saturated rings. The van der Waals surface area contributed by atoms with Crippen molar-refractivity contribution in [1.82, 2.24) is 9.55 Å². The van der Waals surface area contributed by atoms with E-state index in [0.717, 1.165) is 0 Å². The number of esters is 2. The van der Waals surface area contributed by atoms with Crippen molar-refractivity contribution in [2.45, 2.75) is 24.5 Å². The zero-order chi connectivity index (χ0) is 25.7. The number of azide groups is 1. The highest BCUT2D eigenvalue weighted by atomic mass is 19.1. The number of carbonyl (C=O) groups is 2. The number of hydrogen-bond acceptors (Lipinski definition) is 8. The molecule has 2 aromatic carbocycles. The number of ether oxygens (including phenoxy) is 3. The molecule has 0 aliphatic carbocycles. The molecule has 4 rings (SSSR count). The molecule has 1 saturated heterocycles. The quantitative estimate of drug-likeness (QED) is 0.228. The fourth-order valence-corrected chi connectivity index (χ4v) is 3.63. The van der Waals surface area contributed by atoms with Crippen LogP contribution in [0.15, 0.2) is 81.6 Å². The van der Waals surface area contributed by atoms with Crippen molar-refractivity contribution in [3.05, 3.63) is 115 Å². The second kappa shape index (κ2) is 10.3. The van der Waals surface area contributed by atoms with Gasteiger partial charge in [0.05, 0.1) is 17.3 Å². The van der Waals surface area contributed by atoms with Crippen LogP contribution < -0.4 is 11.2 Å².